The normalized spacial score (nSPS) is 11.4. The lowest BCUT2D eigenvalue weighted by Gasteiger charge is -2.12. The molecule has 3 aromatic heterocycles. The number of rotatable bonds is 9. The molecule has 3 N–H and O–H groups in total. The number of hydrogen-bond donors (Lipinski definition) is 3. The third-order valence-electron chi connectivity index (χ3n) is 4.59. The number of hydrogen-bond acceptors (Lipinski definition) is 7. The summed E-state index contributed by atoms with van der Waals surface area (Å²) >= 11 is 0. The SMILES string of the molecule is CCNC(=NCc1c(CC)noc1CC)NCCNc1ncnc2c1cnn2C.I. The summed E-state index contributed by atoms with van der Waals surface area (Å²) in [7, 11) is 1.86. The first kappa shape index (κ1) is 23.8. The third kappa shape index (κ3) is 5.58. The van der Waals surface area contributed by atoms with E-state index in [0.717, 1.165) is 59.2 Å². The van der Waals surface area contributed by atoms with Crippen molar-refractivity contribution in [3.8, 4) is 0 Å². The monoisotopic (exact) mass is 527 g/mol. The fourth-order valence-electron chi connectivity index (χ4n) is 3.08. The summed E-state index contributed by atoms with van der Waals surface area (Å²) < 4.78 is 7.16. The molecule has 3 heterocycles. The zero-order valence-electron chi connectivity index (χ0n) is 17.9. The quantitative estimate of drug-likeness (QED) is 0.168. The summed E-state index contributed by atoms with van der Waals surface area (Å²) in [5.74, 6) is 2.44. The second-order valence-electron chi connectivity index (χ2n) is 6.51. The van der Waals surface area contributed by atoms with Gasteiger partial charge in [-0.15, -0.1) is 24.0 Å². The van der Waals surface area contributed by atoms with E-state index in [4.69, 9.17) is 9.52 Å². The van der Waals surface area contributed by atoms with Gasteiger partial charge in [0.2, 0.25) is 0 Å². The lowest BCUT2D eigenvalue weighted by Crippen LogP contribution is -2.39. The van der Waals surface area contributed by atoms with E-state index >= 15 is 0 Å². The third-order valence-corrected chi connectivity index (χ3v) is 4.59. The van der Waals surface area contributed by atoms with Crippen molar-refractivity contribution in [1.29, 1.82) is 0 Å². The molecule has 10 nitrogen and oxygen atoms in total. The number of fused-ring (bicyclic) bond motifs is 1. The van der Waals surface area contributed by atoms with Gasteiger partial charge in [0.25, 0.3) is 0 Å². The van der Waals surface area contributed by atoms with Crippen LogP contribution < -0.4 is 16.0 Å². The molecule has 0 fully saturated rings. The van der Waals surface area contributed by atoms with E-state index in [-0.39, 0.29) is 24.0 Å². The summed E-state index contributed by atoms with van der Waals surface area (Å²) in [5.41, 5.74) is 2.87. The first-order valence-corrected chi connectivity index (χ1v) is 10.0. The van der Waals surface area contributed by atoms with Gasteiger partial charge in [0, 0.05) is 38.7 Å². The predicted molar refractivity (Wildman–Crippen MR) is 128 cm³/mol. The first-order valence-electron chi connectivity index (χ1n) is 10.0. The van der Waals surface area contributed by atoms with Gasteiger partial charge in [-0.25, -0.2) is 15.0 Å². The first-order chi connectivity index (χ1) is 14.2. The maximum Gasteiger partial charge on any atom is 0.191 e. The van der Waals surface area contributed by atoms with E-state index in [1.54, 1.807) is 17.2 Å². The van der Waals surface area contributed by atoms with Gasteiger partial charge in [-0.1, -0.05) is 19.0 Å². The van der Waals surface area contributed by atoms with Crippen molar-refractivity contribution in [1.82, 2.24) is 35.5 Å². The molecule has 0 aromatic carbocycles. The Morgan fingerprint density at radius 1 is 1.13 bits per heavy atom. The minimum Gasteiger partial charge on any atom is -0.368 e. The Balaban J connectivity index is 0.00000320. The lowest BCUT2D eigenvalue weighted by atomic mass is 10.1. The van der Waals surface area contributed by atoms with Gasteiger partial charge in [-0.05, 0) is 13.3 Å². The van der Waals surface area contributed by atoms with Crippen molar-refractivity contribution in [2.24, 2.45) is 12.0 Å². The molecule has 3 aromatic rings. The van der Waals surface area contributed by atoms with E-state index in [1.165, 1.54) is 0 Å². The highest BCUT2D eigenvalue weighted by Crippen LogP contribution is 2.18. The Bertz CT molecular complexity index is 945. The molecule has 0 radical (unpaired) electrons. The molecule has 0 saturated carbocycles. The Kier molecular flexibility index (Phi) is 9.27. The molecular weight excluding hydrogens is 497 g/mol. The van der Waals surface area contributed by atoms with Gasteiger partial charge in [-0.2, -0.15) is 5.10 Å². The molecule has 3 rings (SSSR count). The molecule has 0 unspecified atom stereocenters. The molecule has 0 spiro atoms. The van der Waals surface area contributed by atoms with Crippen LogP contribution in [0.25, 0.3) is 11.0 Å². The van der Waals surface area contributed by atoms with Crippen molar-refractivity contribution in [3.63, 3.8) is 0 Å². The largest absolute Gasteiger partial charge is 0.368 e. The van der Waals surface area contributed by atoms with Crippen LogP contribution in [-0.2, 0) is 26.4 Å². The minimum atomic E-state index is 0. The van der Waals surface area contributed by atoms with Crippen LogP contribution in [0, 0.1) is 0 Å². The van der Waals surface area contributed by atoms with Crippen molar-refractivity contribution in [2.45, 2.75) is 40.2 Å². The Hall–Kier alpha value is -2.44. The van der Waals surface area contributed by atoms with E-state index in [2.05, 4.69) is 50.0 Å². The van der Waals surface area contributed by atoms with E-state index in [9.17, 15) is 0 Å². The smallest absolute Gasteiger partial charge is 0.191 e. The standard InChI is InChI=1S/C19H29N9O.HI/c1-5-15-13(16(6-2)29-27-15)10-23-19(20-7-3)22-9-8-21-17-14-11-26-28(4)18(14)25-12-24-17;/h11-12H,5-10H2,1-4H3,(H2,20,22,23)(H,21,24,25);1H. The average Bonchev–Trinajstić information content (AvgIpc) is 3.32. The van der Waals surface area contributed by atoms with Crippen molar-refractivity contribution in [2.75, 3.05) is 25.0 Å². The fourth-order valence-corrected chi connectivity index (χ4v) is 3.08. The highest BCUT2D eigenvalue weighted by molar-refractivity contribution is 14.0. The number of anilines is 1. The molecule has 0 amide bonds. The highest BCUT2D eigenvalue weighted by atomic mass is 127. The Morgan fingerprint density at radius 2 is 1.97 bits per heavy atom. The summed E-state index contributed by atoms with van der Waals surface area (Å²) in [6.07, 6.45) is 4.96. The summed E-state index contributed by atoms with van der Waals surface area (Å²) in [6, 6.07) is 0. The number of aliphatic imine (C=N–C) groups is 1. The van der Waals surface area contributed by atoms with Gasteiger partial charge in [0.05, 0.1) is 23.8 Å². The summed E-state index contributed by atoms with van der Waals surface area (Å²) in [6.45, 7) is 8.87. The molecule has 0 aliphatic carbocycles. The maximum atomic E-state index is 5.42. The number of nitrogens with zero attached hydrogens (tertiary/aromatic N) is 6. The van der Waals surface area contributed by atoms with Gasteiger partial charge < -0.3 is 20.5 Å². The average molecular weight is 527 g/mol. The number of aryl methyl sites for hydroxylation is 3. The van der Waals surface area contributed by atoms with Gasteiger partial charge >= 0.3 is 0 Å². The van der Waals surface area contributed by atoms with Crippen molar-refractivity contribution in [3.05, 3.63) is 29.5 Å². The number of nitrogens with one attached hydrogen (secondary N) is 3. The second kappa shape index (κ2) is 11.7. The highest BCUT2D eigenvalue weighted by Gasteiger charge is 2.13. The molecule has 0 bridgehead atoms. The maximum absolute atomic E-state index is 5.42. The van der Waals surface area contributed by atoms with Crippen LogP contribution in [0.15, 0.2) is 22.0 Å². The number of halogens is 1. The van der Waals surface area contributed by atoms with Crippen LogP contribution >= 0.6 is 24.0 Å². The Morgan fingerprint density at radius 3 is 2.70 bits per heavy atom. The molecule has 0 aliphatic rings. The molecule has 0 aliphatic heterocycles. The molecule has 164 valence electrons. The zero-order chi connectivity index (χ0) is 20.6. The van der Waals surface area contributed by atoms with Crippen molar-refractivity contribution >= 4 is 46.8 Å². The zero-order valence-corrected chi connectivity index (χ0v) is 20.2. The van der Waals surface area contributed by atoms with Crippen LogP contribution in [0.1, 0.15) is 37.8 Å². The van der Waals surface area contributed by atoms with E-state index in [1.807, 2.05) is 14.0 Å². The summed E-state index contributed by atoms with van der Waals surface area (Å²) in [4.78, 5) is 13.3. The van der Waals surface area contributed by atoms with Gasteiger partial charge in [0.15, 0.2) is 11.6 Å². The van der Waals surface area contributed by atoms with Gasteiger partial charge in [-0.3, -0.25) is 4.68 Å². The molecule has 0 saturated heterocycles. The number of guanidine groups is 1. The van der Waals surface area contributed by atoms with Crippen LogP contribution in [0.2, 0.25) is 0 Å². The van der Waals surface area contributed by atoms with Crippen LogP contribution in [-0.4, -0.2) is 50.5 Å². The van der Waals surface area contributed by atoms with E-state index in [0.29, 0.717) is 19.6 Å². The Labute approximate surface area is 193 Å². The van der Waals surface area contributed by atoms with Gasteiger partial charge in [0.1, 0.15) is 17.9 Å². The fraction of sp³-hybridized carbons (Fsp3) is 0.526. The van der Waals surface area contributed by atoms with Crippen LogP contribution in [0.4, 0.5) is 5.82 Å². The van der Waals surface area contributed by atoms with E-state index < -0.39 is 0 Å². The summed E-state index contributed by atoms with van der Waals surface area (Å²) in [5, 5.41) is 19.2. The van der Waals surface area contributed by atoms with Crippen LogP contribution in [0.3, 0.4) is 0 Å². The van der Waals surface area contributed by atoms with Crippen molar-refractivity contribution < 1.29 is 4.52 Å². The lowest BCUT2D eigenvalue weighted by molar-refractivity contribution is 0.380. The minimum absolute atomic E-state index is 0. The molecule has 30 heavy (non-hydrogen) atoms. The topological polar surface area (TPSA) is 118 Å². The predicted octanol–water partition coefficient (Wildman–Crippen LogP) is 2.26. The molecule has 0 atom stereocenters. The van der Waals surface area contributed by atoms with Crippen LogP contribution in [0.5, 0.6) is 0 Å². The molecular formula is C19H30IN9O. The second-order valence-corrected chi connectivity index (χ2v) is 6.51. The molecule has 11 heteroatoms. The number of aromatic nitrogens is 5.